The van der Waals surface area contributed by atoms with Gasteiger partial charge < -0.3 is 4.98 Å². The molecule has 132 valence electrons. The standard InChI is InChI=1S/C14H5Cl2F6N3/c15-7-3-23-4-8(16)10(7)12-24-9-2-5(13(17,18)19)1-6(11(9)25-12)14(20,21)22/h1-4H,(H,24,25). The minimum Gasteiger partial charge on any atom is -0.338 e. The van der Waals surface area contributed by atoms with Crippen molar-refractivity contribution in [3.05, 3.63) is 45.7 Å². The molecule has 0 amide bonds. The first-order valence-corrected chi connectivity index (χ1v) is 7.21. The third-order valence-electron chi connectivity index (χ3n) is 3.31. The van der Waals surface area contributed by atoms with Crippen LogP contribution in [0, 0.1) is 0 Å². The van der Waals surface area contributed by atoms with Crippen LogP contribution in [0.2, 0.25) is 10.0 Å². The highest BCUT2D eigenvalue weighted by Gasteiger charge is 2.39. The number of fused-ring (bicyclic) bond motifs is 1. The fourth-order valence-electron chi connectivity index (χ4n) is 2.25. The maximum Gasteiger partial charge on any atom is 0.418 e. The molecule has 0 atom stereocenters. The summed E-state index contributed by atoms with van der Waals surface area (Å²) in [5.41, 5.74) is -4.03. The van der Waals surface area contributed by atoms with Crippen LogP contribution < -0.4 is 0 Å². The number of halogens is 8. The number of aromatic nitrogens is 3. The van der Waals surface area contributed by atoms with Crippen molar-refractivity contribution in [2.75, 3.05) is 0 Å². The van der Waals surface area contributed by atoms with Crippen LogP contribution in [0.4, 0.5) is 26.3 Å². The minimum atomic E-state index is -5.03. The van der Waals surface area contributed by atoms with E-state index < -0.39 is 34.5 Å². The average Bonchev–Trinajstić information content (AvgIpc) is 2.87. The van der Waals surface area contributed by atoms with E-state index >= 15 is 0 Å². The Morgan fingerprint density at radius 1 is 0.880 bits per heavy atom. The summed E-state index contributed by atoms with van der Waals surface area (Å²) >= 11 is 11.8. The number of pyridine rings is 1. The van der Waals surface area contributed by atoms with E-state index in [0.29, 0.717) is 6.07 Å². The van der Waals surface area contributed by atoms with Crippen molar-refractivity contribution >= 4 is 34.2 Å². The molecule has 0 fully saturated rings. The van der Waals surface area contributed by atoms with Gasteiger partial charge in [-0.2, -0.15) is 26.3 Å². The molecule has 3 rings (SSSR count). The number of nitrogens with one attached hydrogen (secondary N) is 1. The van der Waals surface area contributed by atoms with Crippen molar-refractivity contribution in [2.24, 2.45) is 0 Å². The van der Waals surface area contributed by atoms with Gasteiger partial charge in [-0.25, -0.2) is 4.98 Å². The van der Waals surface area contributed by atoms with Gasteiger partial charge in [0, 0.05) is 12.4 Å². The lowest BCUT2D eigenvalue weighted by atomic mass is 10.1. The first-order chi connectivity index (χ1) is 11.5. The molecule has 1 aromatic carbocycles. The molecule has 0 saturated carbocycles. The summed E-state index contributed by atoms with van der Waals surface area (Å²) in [6, 6.07) is 0.562. The molecule has 3 aromatic rings. The lowest BCUT2D eigenvalue weighted by Crippen LogP contribution is -2.11. The minimum absolute atomic E-state index is 0.0166. The number of nitrogens with zero attached hydrogens (tertiary/aromatic N) is 2. The fourth-order valence-corrected chi connectivity index (χ4v) is 2.80. The van der Waals surface area contributed by atoms with Crippen molar-refractivity contribution in [2.45, 2.75) is 12.4 Å². The molecule has 0 aliphatic heterocycles. The molecule has 2 heterocycles. The van der Waals surface area contributed by atoms with Gasteiger partial charge in [0.2, 0.25) is 0 Å². The number of benzene rings is 1. The molecule has 0 bridgehead atoms. The molecular weight excluding hydrogens is 395 g/mol. The molecule has 0 aliphatic rings. The van der Waals surface area contributed by atoms with Gasteiger partial charge in [0.25, 0.3) is 0 Å². The molecule has 0 radical (unpaired) electrons. The summed E-state index contributed by atoms with van der Waals surface area (Å²) in [7, 11) is 0. The van der Waals surface area contributed by atoms with Gasteiger partial charge in [-0.15, -0.1) is 0 Å². The second kappa shape index (κ2) is 5.77. The summed E-state index contributed by atoms with van der Waals surface area (Å²) in [5, 5.41) is -0.0349. The molecule has 3 nitrogen and oxygen atoms in total. The highest BCUT2D eigenvalue weighted by molar-refractivity contribution is 6.38. The molecule has 25 heavy (non-hydrogen) atoms. The number of imidazole rings is 1. The molecule has 0 saturated heterocycles. The average molecular weight is 400 g/mol. The van der Waals surface area contributed by atoms with Crippen LogP contribution in [0.25, 0.3) is 22.4 Å². The number of alkyl halides is 6. The first-order valence-electron chi connectivity index (χ1n) is 6.46. The van der Waals surface area contributed by atoms with Gasteiger partial charge in [0.05, 0.1) is 32.3 Å². The van der Waals surface area contributed by atoms with Crippen LogP contribution >= 0.6 is 23.2 Å². The van der Waals surface area contributed by atoms with Crippen molar-refractivity contribution in [1.82, 2.24) is 15.0 Å². The Balaban J connectivity index is 2.34. The summed E-state index contributed by atoms with van der Waals surface area (Å²) < 4.78 is 78.2. The molecule has 0 spiro atoms. The molecule has 0 aliphatic carbocycles. The second-order valence-electron chi connectivity index (χ2n) is 4.98. The lowest BCUT2D eigenvalue weighted by Gasteiger charge is -2.11. The molecule has 11 heteroatoms. The fraction of sp³-hybridized carbons (Fsp3) is 0.143. The van der Waals surface area contributed by atoms with E-state index in [1.165, 1.54) is 12.4 Å². The highest BCUT2D eigenvalue weighted by atomic mass is 35.5. The van der Waals surface area contributed by atoms with Gasteiger partial charge in [0.15, 0.2) is 0 Å². The van der Waals surface area contributed by atoms with Crippen molar-refractivity contribution in [1.29, 1.82) is 0 Å². The Hall–Kier alpha value is -2.00. The van der Waals surface area contributed by atoms with Gasteiger partial charge in [-0.3, -0.25) is 4.98 Å². The van der Waals surface area contributed by atoms with Crippen LogP contribution in [-0.4, -0.2) is 15.0 Å². The zero-order chi connectivity index (χ0) is 18.6. The van der Waals surface area contributed by atoms with E-state index in [1.807, 2.05) is 0 Å². The van der Waals surface area contributed by atoms with Crippen LogP contribution in [0.15, 0.2) is 24.5 Å². The number of hydrogen-bond donors (Lipinski definition) is 1. The van der Waals surface area contributed by atoms with E-state index in [4.69, 9.17) is 23.2 Å². The number of aromatic amines is 1. The number of hydrogen-bond acceptors (Lipinski definition) is 2. The topological polar surface area (TPSA) is 41.6 Å². The SMILES string of the molecule is FC(F)(F)c1cc(C(F)(F)F)c2nc(-c3c(Cl)cncc3Cl)[nH]c2c1. The first kappa shape index (κ1) is 17.8. The van der Waals surface area contributed by atoms with Gasteiger partial charge in [-0.1, -0.05) is 23.2 Å². The molecule has 2 aromatic heterocycles. The highest BCUT2D eigenvalue weighted by Crippen LogP contribution is 2.41. The Bertz CT molecular complexity index is 941. The molecule has 0 unspecified atom stereocenters. The van der Waals surface area contributed by atoms with E-state index in [0.717, 1.165) is 0 Å². The van der Waals surface area contributed by atoms with Gasteiger partial charge in [0.1, 0.15) is 11.3 Å². The summed E-state index contributed by atoms with van der Waals surface area (Å²) in [6.45, 7) is 0. The van der Waals surface area contributed by atoms with Gasteiger partial charge in [-0.05, 0) is 12.1 Å². The normalized spacial score (nSPS) is 12.8. The van der Waals surface area contributed by atoms with E-state index in [9.17, 15) is 26.3 Å². The Morgan fingerprint density at radius 2 is 1.48 bits per heavy atom. The monoisotopic (exact) mass is 399 g/mol. The zero-order valence-corrected chi connectivity index (χ0v) is 13.2. The van der Waals surface area contributed by atoms with E-state index in [-0.39, 0.29) is 27.5 Å². The summed E-state index contributed by atoms with van der Waals surface area (Å²) in [5.74, 6) is -0.197. The third kappa shape index (κ3) is 3.25. The lowest BCUT2D eigenvalue weighted by molar-refractivity contribution is -0.142. The Labute approximate surface area is 145 Å². The summed E-state index contributed by atoms with van der Waals surface area (Å²) in [6.07, 6.45) is -7.62. The van der Waals surface area contributed by atoms with Crippen LogP contribution in [-0.2, 0) is 12.4 Å². The van der Waals surface area contributed by atoms with Crippen molar-refractivity contribution in [3.8, 4) is 11.4 Å². The number of rotatable bonds is 1. The summed E-state index contributed by atoms with van der Waals surface area (Å²) in [4.78, 5) is 9.86. The molecular formula is C14H5Cl2F6N3. The predicted octanol–water partition coefficient (Wildman–Crippen LogP) is 5.97. The smallest absolute Gasteiger partial charge is 0.338 e. The number of H-pyrrole nitrogens is 1. The quantitative estimate of drug-likeness (QED) is 0.512. The van der Waals surface area contributed by atoms with E-state index in [2.05, 4.69) is 15.0 Å². The van der Waals surface area contributed by atoms with Crippen LogP contribution in [0.1, 0.15) is 11.1 Å². The second-order valence-corrected chi connectivity index (χ2v) is 5.79. The van der Waals surface area contributed by atoms with Crippen molar-refractivity contribution < 1.29 is 26.3 Å². The Morgan fingerprint density at radius 3 is 2.00 bits per heavy atom. The zero-order valence-electron chi connectivity index (χ0n) is 11.7. The molecule has 1 N–H and O–H groups in total. The van der Waals surface area contributed by atoms with E-state index in [1.54, 1.807) is 0 Å². The maximum absolute atomic E-state index is 13.2. The predicted molar refractivity (Wildman–Crippen MR) is 79.3 cm³/mol. The third-order valence-corrected chi connectivity index (χ3v) is 3.88. The maximum atomic E-state index is 13.2. The van der Waals surface area contributed by atoms with Crippen LogP contribution in [0.5, 0.6) is 0 Å². The Kier molecular flexibility index (Phi) is 4.11. The van der Waals surface area contributed by atoms with Crippen LogP contribution in [0.3, 0.4) is 0 Å². The largest absolute Gasteiger partial charge is 0.418 e. The van der Waals surface area contributed by atoms with Crippen molar-refractivity contribution in [3.63, 3.8) is 0 Å². The van der Waals surface area contributed by atoms with Gasteiger partial charge >= 0.3 is 12.4 Å².